The van der Waals surface area contributed by atoms with Crippen LogP contribution in [-0.4, -0.2) is 83.3 Å². The van der Waals surface area contributed by atoms with Gasteiger partial charge in [-0.25, -0.2) is 5.01 Å². The molecule has 1 rings (SSSR count). The Labute approximate surface area is 210 Å². The van der Waals surface area contributed by atoms with Crippen molar-refractivity contribution in [3.63, 3.8) is 0 Å². The largest absolute Gasteiger partial charge is 0.512 e. The number of hydrogen-bond acceptors (Lipinski definition) is 12. The van der Waals surface area contributed by atoms with E-state index in [0.717, 1.165) is 12.8 Å². The molecule has 4 atom stereocenters. The van der Waals surface area contributed by atoms with E-state index in [1.807, 2.05) is 0 Å². The maximum atomic E-state index is 12.4. The molecular formula is C18H37N3O10P4+4. The van der Waals surface area contributed by atoms with Crippen LogP contribution in [0, 0.1) is 0 Å². The van der Waals surface area contributed by atoms with Gasteiger partial charge in [0.2, 0.25) is 0 Å². The van der Waals surface area contributed by atoms with Crippen LogP contribution in [0.15, 0.2) is 0 Å². The quantitative estimate of drug-likeness (QED) is 0.192. The Morgan fingerprint density at radius 2 is 1.11 bits per heavy atom. The van der Waals surface area contributed by atoms with Gasteiger partial charge in [-0.1, -0.05) is 30.9 Å². The predicted molar refractivity (Wildman–Crippen MR) is 131 cm³/mol. The van der Waals surface area contributed by atoms with Gasteiger partial charge >= 0.3 is 50.9 Å². The third-order valence-electron chi connectivity index (χ3n) is 4.72. The highest BCUT2D eigenvalue weighted by Crippen LogP contribution is 2.38. The van der Waals surface area contributed by atoms with Crippen LogP contribution in [-0.2, 0) is 41.1 Å². The average molecular weight is 579 g/mol. The zero-order valence-electron chi connectivity index (χ0n) is 20.7. The third-order valence-corrected chi connectivity index (χ3v) is 8.45. The van der Waals surface area contributed by atoms with Crippen molar-refractivity contribution in [1.29, 1.82) is 0 Å². The zero-order valence-corrected chi connectivity index (χ0v) is 24.3. The van der Waals surface area contributed by atoms with Crippen molar-refractivity contribution in [2.24, 2.45) is 0 Å². The van der Waals surface area contributed by atoms with E-state index in [2.05, 4.69) is 0 Å². The molecular weight excluding hydrogens is 542 g/mol. The highest BCUT2D eigenvalue weighted by molar-refractivity contribution is 7.40. The monoisotopic (exact) mass is 579 g/mol. The third kappa shape index (κ3) is 12.1. The fraction of sp³-hybridized carbons (Fsp3) is 0.944. The molecule has 13 nitrogen and oxygen atoms in total. The fourth-order valence-electron chi connectivity index (χ4n) is 2.99. The first-order valence-corrected chi connectivity index (χ1v) is 17.1. The summed E-state index contributed by atoms with van der Waals surface area (Å²) in [5, 5.41) is 13.6. The van der Waals surface area contributed by atoms with Gasteiger partial charge in [0.1, 0.15) is 6.54 Å². The molecule has 0 aromatic rings. The van der Waals surface area contributed by atoms with Crippen LogP contribution in [0.2, 0.25) is 0 Å². The highest BCUT2D eigenvalue weighted by atomic mass is 31.1. The van der Waals surface area contributed by atoms with Crippen molar-refractivity contribution in [2.45, 2.75) is 66.2 Å². The molecule has 0 saturated carbocycles. The Morgan fingerprint density at radius 3 is 1.51 bits per heavy atom. The molecule has 0 radical (unpaired) electrons. The molecule has 1 N–H and O–H groups in total. The normalized spacial score (nSPS) is 20.2. The lowest BCUT2D eigenvalue weighted by Crippen LogP contribution is -2.63. The summed E-state index contributed by atoms with van der Waals surface area (Å²) >= 11 is 0. The van der Waals surface area contributed by atoms with E-state index >= 15 is 0 Å². The topological polar surface area (TPSA) is 152 Å². The minimum atomic E-state index is -2.26. The molecule has 0 aromatic carbocycles. The van der Waals surface area contributed by atoms with Crippen LogP contribution in [0.5, 0.6) is 0 Å². The van der Waals surface area contributed by atoms with Gasteiger partial charge in [0, 0.05) is 13.1 Å². The lowest BCUT2D eigenvalue weighted by Gasteiger charge is -2.41. The van der Waals surface area contributed by atoms with Crippen LogP contribution in [0.1, 0.15) is 53.4 Å². The number of nitrogens with zero attached hydrogens (tertiary/aromatic N) is 3. The Bertz CT molecular complexity index is 711. The first kappa shape index (κ1) is 32.6. The number of aliphatic carboxylic acids is 1. The first-order chi connectivity index (χ1) is 16.7. The minimum absolute atomic E-state index is 0.130. The van der Waals surface area contributed by atoms with Gasteiger partial charge in [-0.15, -0.1) is 5.12 Å². The van der Waals surface area contributed by atoms with E-state index in [1.165, 1.54) is 15.1 Å². The fourth-order valence-corrected chi connectivity index (χ4v) is 5.08. The van der Waals surface area contributed by atoms with E-state index in [-0.39, 0.29) is 37.7 Å². The maximum absolute atomic E-state index is 12.4. The van der Waals surface area contributed by atoms with Gasteiger partial charge in [0.25, 0.3) is 0 Å². The number of carbonyl (C=O) groups is 1. The summed E-state index contributed by atoms with van der Waals surface area (Å²) in [6.45, 7) is 6.49. The zero-order chi connectivity index (χ0) is 26.4. The summed E-state index contributed by atoms with van der Waals surface area (Å²) in [7, 11) is -8.95. The van der Waals surface area contributed by atoms with Crippen molar-refractivity contribution in [1.82, 2.24) is 15.1 Å². The van der Waals surface area contributed by atoms with E-state index < -0.39 is 57.5 Å². The van der Waals surface area contributed by atoms with Gasteiger partial charge < -0.3 is 5.11 Å². The second-order valence-electron chi connectivity index (χ2n) is 7.31. The van der Waals surface area contributed by atoms with E-state index in [1.54, 1.807) is 27.7 Å². The van der Waals surface area contributed by atoms with Gasteiger partial charge in [-0.2, -0.15) is 5.01 Å². The standard InChI is InChI=1S/C18H36N3O10P4/c1-5-32(24)28-17(29-33(25)6-2)20-14-12-10-9-11-13-19(15-16(22)23)21(20)18(30-34(26)7-3)31-35(27)8-4/h17-18H,5-15H2,1-4H3/q+3/p+1. The summed E-state index contributed by atoms with van der Waals surface area (Å²) in [6, 6.07) is 0. The summed E-state index contributed by atoms with van der Waals surface area (Å²) in [5.41, 5.74) is 0. The lowest BCUT2D eigenvalue weighted by atomic mass is 10.2. The molecule has 35 heavy (non-hydrogen) atoms. The summed E-state index contributed by atoms with van der Waals surface area (Å²) in [5.74, 6) is -1.16. The smallest absolute Gasteiger partial charge is 0.480 e. The second-order valence-corrected chi connectivity index (χ2v) is 13.3. The molecule has 0 aromatic heterocycles. The van der Waals surface area contributed by atoms with E-state index in [9.17, 15) is 28.2 Å². The Hall–Kier alpha value is -0.410. The minimum Gasteiger partial charge on any atom is -0.480 e. The van der Waals surface area contributed by atoms with Crippen LogP contribution >= 0.6 is 32.1 Å². The average Bonchev–Trinajstić information content (AvgIpc) is 2.92. The molecule has 1 aliphatic heterocycles. The molecule has 0 spiro atoms. The SMILES string of the molecule is CC[P+](=O)OC(O[P+](=O)CC)N1CCCCCCN(CC(=O)O)N1C(O[P+](=O)CC)O[P+](=O)CC. The number of rotatable bonds is 16. The molecule has 0 bridgehead atoms. The van der Waals surface area contributed by atoms with Crippen LogP contribution in [0.3, 0.4) is 0 Å². The number of carboxylic acid groups (broad SMARTS) is 1. The molecule has 200 valence electrons. The number of carboxylic acids is 1. The predicted octanol–water partition coefficient (Wildman–Crippen LogP) is 5.06. The Morgan fingerprint density at radius 1 is 0.714 bits per heavy atom. The Kier molecular flexibility index (Phi) is 16.7. The molecule has 4 unspecified atom stereocenters. The van der Waals surface area contributed by atoms with Gasteiger partial charge in [-0.3, -0.25) is 4.79 Å². The van der Waals surface area contributed by atoms with Crippen LogP contribution in [0.25, 0.3) is 0 Å². The lowest BCUT2D eigenvalue weighted by molar-refractivity contribution is -0.352. The van der Waals surface area contributed by atoms with Crippen molar-refractivity contribution in [3.8, 4) is 0 Å². The molecule has 1 heterocycles. The Balaban J connectivity index is 3.64. The molecule has 1 fully saturated rings. The van der Waals surface area contributed by atoms with Gasteiger partial charge in [-0.05, 0) is 58.8 Å². The van der Waals surface area contributed by atoms with Crippen molar-refractivity contribution >= 4 is 38.1 Å². The molecule has 0 amide bonds. The van der Waals surface area contributed by atoms with E-state index in [4.69, 9.17) is 18.1 Å². The maximum Gasteiger partial charge on any atom is 0.512 e. The molecule has 1 aliphatic rings. The van der Waals surface area contributed by atoms with E-state index in [0.29, 0.717) is 12.8 Å². The highest BCUT2D eigenvalue weighted by Gasteiger charge is 2.49. The summed E-state index contributed by atoms with van der Waals surface area (Å²) < 4.78 is 72.0. The molecule has 17 heteroatoms. The summed E-state index contributed by atoms with van der Waals surface area (Å²) in [6.07, 6.45) is 0.372. The molecule has 1 saturated heterocycles. The number of hydrazine groups is 2. The van der Waals surface area contributed by atoms with Crippen LogP contribution < -0.4 is 0 Å². The van der Waals surface area contributed by atoms with Crippen molar-refractivity contribution in [2.75, 3.05) is 44.3 Å². The van der Waals surface area contributed by atoms with Crippen molar-refractivity contribution in [3.05, 3.63) is 0 Å². The van der Waals surface area contributed by atoms with Crippen LogP contribution in [0.4, 0.5) is 0 Å². The first-order valence-electron chi connectivity index (χ1n) is 11.6. The van der Waals surface area contributed by atoms with Gasteiger partial charge in [0.15, 0.2) is 24.6 Å². The van der Waals surface area contributed by atoms with Gasteiger partial charge in [0.05, 0.1) is 0 Å². The second kappa shape index (κ2) is 17.9. The summed E-state index contributed by atoms with van der Waals surface area (Å²) in [4.78, 5) is 11.8. The van der Waals surface area contributed by atoms with Crippen molar-refractivity contribution < 1.29 is 46.3 Å². The molecule has 0 aliphatic carbocycles. The number of hydrogen-bond donors (Lipinski definition) is 1.